The monoisotopic (exact) mass is 439 g/mol. The van der Waals surface area contributed by atoms with E-state index in [0.29, 0.717) is 18.0 Å². The Balaban J connectivity index is 0.00000187. The molecule has 0 spiro atoms. The molecule has 0 radical (unpaired) electrons. The molecule has 0 atom stereocenters. The topological polar surface area (TPSA) is 50.8 Å². The minimum atomic E-state index is 0.593. The molecule has 0 saturated heterocycles. The van der Waals surface area contributed by atoms with Gasteiger partial charge in [0.05, 0.1) is 12.1 Å². The molecule has 33 heavy (non-hydrogen) atoms. The van der Waals surface area contributed by atoms with Crippen molar-refractivity contribution < 1.29 is 4.74 Å². The highest BCUT2D eigenvalue weighted by Crippen LogP contribution is 2.21. The normalized spacial score (nSPS) is 11.8. The van der Waals surface area contributed by atoms with Crippen molar-refractivity contribution in [2.75, 3.05) is 6.61 Å². The van der Waals surface area contributed by atoms with Gasteiger partial charge in [0.15, 0.2) is 5.65 Å². The lowest BCUT2D eigenvalue weighted by Crippen LogP contribution is -1.92. The molecule has 3 rings (SSSR count). The van der Waals surface area contributed by atoms with Gasteiger partial charge >= 0.3 is 0 Å². The Hall–Kier alpha value is -3.92. The van der Waals surface area contributed by atoms with E-state index in [1.54, 1.807) is 6.08 Å². The highest BCUT2D eigenvalue weighted by molar-refractivity contribution is 5.79. The Bertz CT molecular complexity index is 1150. The lowest BCUT2D eigenvalue weighted by Gasteiger charge is -2.05. The highest BCUT2D eigenvalue weighted by Gasteiger charge is 2.04. The van der Waals surface area contributed by atoms with Crippen LogP contribution in [0.15, 0.2) is 110 Å². The number of nitrogens with one attached hydrogen (secondary N) is 1. The molecule has 1 N–H and O–H groups in total. The van der Waals surface area contributed by atoms with Crippen molar-refractivity contribution in [1.29, 1.82) is 0 Å². The molecule has 0 fully saturated rings. The van der Waals surface area contributed by atoms with E-state index in [2.05, 4.69) is 59.3 Å². The Kier molecular flexibility index (Phi) is 10.9. The van der Waals surface area contributed by atoms with E-state index in [1.807, 2.05) is 74.7 Å². The number of fused-ring (bicyclic) bond motifs is 1. The average molecular weight is 440 g/mol. The maximum absolute atomic E-state index is 5.64. The summed E-state index contributed by atoms with van der Waals surface area (Å²) in [7, 11) is 0. The summed E-state index contributed by atoms with van der Waals surface area (Å²) in [6.45, 7) is 14.2. The largest absolute Gasteiger partial charge is 0.494 e. The fraction of sp³-hybridized carbons (Fsp3) is 0.172. The quantitative estimate of drug-likeness (QED) is 0.259. The summed E-state index contributed by atoms with van der Waals surface area (Å²) in [6, 6.07) is 12.2. The summed E-state index contributed by atoms with van der Waals surface area (Å²) in [5, 5.41) is 0. The van der Waals surface area contributed by atoms with Crippen LogP contribution in [0.2, 0.25) is 0 Å². The summed E-state index contributed by atoms with van der Waals surface area (Å²) in [6.07, 6.45) is 17.9. The first-order chi connectivity index (χ1) is 16.2. The first-order valence-corrected chi connectivity index (χ1v) is 11.2. The number of hydrogen-bond donors (Lipinski definition) is 1. The summed E-state index contributed by atoms with van der Waals surface area (Å²) in [5.74, 6) is 1.37. The molecule has 0 amide bonds. The van der Waals surface area contributed by atoms with Crippen molar-refractivity contribution >= 4 is 17.2 Å². The molecular weight excluding hydrogens is 406 g/mol. The van der Waals surface area contributed by atoms with Gasteiger partial charge in [-0.15, -0.1) is 0 Å². The van der Waals surface area contributed by atoms with Crippen molar-refractivity contribution in [3.8, 4) is 11.1 Å². The zero-order valence-electron chi connectivity index (χ0n) is 19.8. The van der Waals surface area contributed by atoms with E-state index in [1.165, 1.54) is 5.57 Å². The van der Waals surface area contributed by atoms with E-state index in [-0.39, 0.29) is 0 Å². The molecule has 0 saturated carbocycles. The number of imidazole rings is 1. The summed E-state index contributed by atoms with van der Waals surface area (Å²) in [5.41, 5.74) is 5.03. The fourth-order valence-corrected chi connectivity index (χ4v) is 2.87. The van der Waals surface area contributed by atoms with Gasteiger partial charge in [0.1, 0.15) is 11.6 Å². The highest BCUT2D eigenvalue weighted by atomic mass is 16.5. The molecule has 3 aromatic rings. The summed E-state index contributed by atoms with van der Waals surface area (Å²) >= 11 is 0. The Morgan fingerprint density at radius 1 is 1.06 bits per heavy atom. The second-order valence-electron chi connectivity index (χ2n) is 7.00. The van der Waals surface area contributed by atoms with Crippen LogP contribution in [0, 0.1) is 0 Å². The Morgan fingerprint density at radius 2 is 1.85 bits per heavy atom. The van der Waals surface area contributed by atoms with Crippen LogP contribution in [0.3, 0.4) is 0 Å². The van der Waals surface area contributed by atoms with Gasteiger partial charge in [-0.05, 0) is 30.7 Å². The smallest absolute Gasteiger partial charge is 0.178 e. The van der Waals surface area contributed by atoms with Gasteiger partial charge in [0, 0.05) is 18.2 Å². The number of hydrogen-bond acceptors (Lipinski definition) is 3. The minimum Gasteiger partial charge on any atom is -0.494 e. The number of ether oxygens (including phenoxy) is 1. The number of rotatable bonds is 10. The van der Waals surface area contributed by atoms with Gasteiger partial charge in [-0.3, -0.25) is 0 Å². The summed E-state index contributed by atoms with van der Waals surface area (Å²) in [4.78, 5) is 12.3. The van der Waals surface area contributed by atoms with Gasteiger partial charge < -0.3 is 9.72 Å². The predicted molar refractivity (Wildman–Crippen MR) is 142 cm³/mol. The van der Waals surface area contributed by atoms with Crippen LogP contribution in [0.5, 0.6) is 0 Å². The molecule has 170 valence electrons. The van der Waals surface area contributed by atoms with E-state index < -0.39 is 0 Å². The number of H-pyrrole nitrogens is 1. The first-order valence-electron chi connectivity index (χ1n) is 11.2. The van der Waals surface area contributed by atoms with Crippen LogP contribution in [0.4, 0.5) is 0 Å². The third-order valence-corrected chi connectivity index (χ3v) is 4.52. The number of allylic oxidation sites excluding steroid dienone is 7. The SMILES string of the molecule is C=C/C=C\C=C(/C)CCOC(=C)/C=C\C=C\c1nc2ncc(-c3ccccc3)cc2[nH]1.CC. The third-order valence-electron chi connectivity index (χ3n) is 4.52. The van der Waals surface area contributed by atoms with Crippen molar-refractivity contribution in [1.82, 2.24) is 15.0 Å². The first kappa shape index (κ1) is 25.3. The van der Waals surface area contributed by atoms with E-state index in [4.69, 9.17) is 4.74 Å². The molecule has 0 aliphatic heterocycles. The number of aromatic nitrogens is 3. The number of aromatic amines is 1. The summed E-state index contributed by atoms with van der Waals surface area (Å²) < 4.78 is 5.64. The molecule has 2 heterocycles. The molecule has 1 aromatic carbocycles. The second kappa shape index (κ2) is 14.2. The fourth-order valence-electron chi connectivity index (χ4n) is 2.87. The van der Waals surface area contributed by atoms with Crippen LogP contribution in [-0.2, 0) is 4.74 Å². The molecule has 0 unspecified atom stereocenters. The van der Waals surface area contributed by atoms with E-state index in [9.17, 15) is 0 Å². The molecule has 4 nitrogen and oxygen atoms in total. The van der Waals surface area contributed by atoms with Crippen molar-refractivity contribution in [2.24, 2.45) is 0 Å². The number of nitrogens with zero attached hydrogens (tertiary/aromatic N) is 2. The molecule has 0 aliphatic carbocycles. The standard InChI is InChI=1S/C27H27N3O.C2H6/c1-4-5-7-12-21(2)17-18-31-22(3)13-10-11-16-26-29-25-19-24(20-28-27(25)30-26)23-14-8-6-9-15-23;1-2/h4-16,19-20H,1,3,17-18H2,2H3,(H,28,29,30);1-2H3/b7-5-,13-10-,16-11+,21-12+;. The lowest BCUT2D eigenvalue weighted by molar-refractivity contribution is 0.229. The van der Waals surface area contributed by atoms with Crippen molar-refractivity contribution in [3.63, 3.8) is 0 Å². The van der Waals surface area contributed by atoms with Crippen molar-refractivity contribution in [3.05, 3.63) is 115 Å². The molecule has 4 heteroatoms. The predicted octanol–water partition coefficient (Wildman–Crippen LogP) is 7.83. The van der Waals surface area contributed by atoms with Gasteiger partial charge in [-0.25, -0.2) is 9.97 Å². The maximum atomic E-state index is 5.64. The Labute approximate surface area is 197 Å². The maximum Gasteiger partial charge on any atom is 0.178 e. The van der Waals surface area contributed by atoms with E-state index in [0.717, 1.165) is 28.9 Å². The average Bonchev–Trinajstić information content (AvgIpc) is 3.26. The number of pyridine rings is 1. The zero-order chi connectivity index (χ0) is 23.9. The van der Waals surface area contributed by atoms with E-state index >= 15 is 0 Å². The van der Waals surface area contributed by atoms with Crippen molar-refractivity contribution in [2.45, 2.75) is 27.2 Å². The molecule has 0 bridgehead atoms. The molecular formula is C29H33N3O. The van der Waals surface area contributed by atoms with Gasteiger partial charge in [-0.2, -0.15) is 0 Å². The van der Waals surface area contributed by atoms with Gasteiger partial charge in [0.2, 0.25) is 0 Å². The second-order valence-corrected chi connectivity index (χ2v) is 7.00. The van der Waals surface area contributed by atoms with Crippen LogP contribution in [0.25, 0.3) is 28.4 Å². The van der Waals surface area contributed by atoms with Crippen LogP contribution in [-0.4, -0.2) is 21.6 Å². The zero-order valence-corrected chi connectivity index (χ0v) is 19.8. The Morgan fingerprint density at radius 3 is 2.61 bits per heavy atom. The number of benzene rings is 1. The lowest BCUT2D eigenvalue weighted by atomic mass is 10.1. The van der Waals surface area contributed by atoms with Gasteiger partial charge in [0.25, 0.3) is 0 Å². The van der Waals surface area contributed by atoms with Crippen LogP contribution in [0.1, 0.15) is 33.0 Å². The molecule has 2 aromatic heterocycles. The molecule has 0 aliphatic rings. The third kappa shape index (κ3) is 8.62. The van der Waals surface area contributed by atoms with Gasteiger partial charge in [-0.1, -0.05) is 99.4 Å². The van der Waals surface area contributed by atoms with Crippen LogP contribution < -0.4 is 0 Å². The van der Waals surface area contributed by atoms with Crippen LogP contribution >= 0.6 is 0 Å². The minimum absolute atomic E-state index is 0.593.